The van der Waals surface area contributed by atoms with Gasteiger partial charge in [-0.2, -0.15) is 26.3 Å². The fraction of sp³-hybridized carbons (Fsp3) is 0.346. The molecule has 4 rings (SSSR count). The molecule has 3 aromatic rings. The molecule has 1 amide bonds. The van der Waals surface area contributed by atoms with Crippen LogP contribution in [-0.4, -0.2) is 59.5 Å². The summed E-state index contributed by atoms with van der Waals surface area (Å²) in [5.41, 5.74) is 6.31. The number of carbonyl (C=O) groups is 1. The van der Waals surface area contributed by atoms with Gasteiger partial charge in [0.15, 0.2) is 0 Å². The van der Waals surface area contributed by atoms with E-state index in [-0.39, 0.29) is 32.2 Å². The molecule has 0 radical (unpaired) electrons. The number of fused-ring (bicyclic) bond motifs is 1. The van der Waals surface area contributed by atoms with Gasteiger partial charge < -0.3 is 9.88 Å². The first-order valence-electron chi connectivity index (χ1n) is 11.8. The summed E-state index contributed by atoms with van der Waals surface area (Å²) < 4.78 is 80.5. The Bertz CT molecular complexity index is 1430. The number of nitrogens with one attached hydrogen (secondary N) is 1. The van der Waals surface area contributed by atoms with Gasteiger partial charge in [-0.3, -0.25) is 9.69 Å². The molecule has 0 unspecified atom stereocenters. The maximum atomic E-state index is 13.5. The minimum absolute atomic E-state index is 0.00711. The highest BCUT2D eigenvalue weighted by molar-refractivity contribution is 5.95. The summed E-state index contributed by atoms with van der Waals surface area (Å²) in [5.74, 6) is 4.67. The molecule has 204 valence electrons. The zero-order valence-corrected chi connectivity index (χ0v) is 20.4. The van der Waals surface area contributed by atoms with E-state index in [2.05, 4.69) is 26.9 Å². The summed E-state index contributed by atoms with van der Waals surface area (Å²) in [7, 11) is 0. The SMILES string of the molecule is [N-]=[N+]=NCC#CCN1CCN(C(=O)c2cc(C(F)(F)F)cc(C(F)(F)F)c2)[C@H](Cc2c[nH]c3ccccc23)C1. The van der Waals surface area contributed by atoms with Crippen LogP contribution in [0.2, 0.25) is 0 Å². The van der Waals surface area contributed by atoms with Gasteiger partial charge in [0.2, 0.25) is 0 Å². The van der Waals surface area contributed by atoms with Crippen LogP contribution < -0.4 is 0 Å². The molecule has 1 aliphatic heterocycles. The molecule has 13 heteroatoms. The number of carbonyl (C=O) groups excluding carboxylic acids is 1. The molecule has 1 aromatic heterocycles. The second-order valence-corrected chi connectivity index (χ2v) is 8.99. The normalized spacial score (nSPS) is 16.5. The lowest BCUT2D eigenvalue weighted by atomic mass is 9.98. The van der Waals surface area contributed by atoms with Gasteiger partial charge in [0.25, 0.3) is 5.91 Å². The number of alkyl halides is 6. The Balaban J connectivity index is 1.66. The topological polar surface area (TPSA) is 88.1 Å². The lowest BCUT2D eigenvalue weighted by Crippen LogP contribution is -2.56. The number of piperazine rings is 1. The zero-order valence-electron chi connectivity index (χ0n) is 20.4. The van der Waals surface area contributed by atoms with Crippen LogP contribution in [0.25, 0.3) is 21.3 Å². The highest BCUT2D eigenvalue weighted by atomic mass is 19.4. The summed E-state index contributed by atoms with van der Waals surface area (Å²) in [6.07, 6.45) is -8.04. The number of hydrogen-bond acceptors (Lipinski definition) is 3. The zero-order chi connectivity index (χ0) is 28.2. The van der Waals surface area contributed by atoms with E-state index in [0.29, 0.717) is 25.1 Å². The Morgan fingerprint density at radius 1 is 1.05 bits per heavy atom. The van der Waals surface area contributed by atoms with Crippen LogP contribution in [0.15, 0.2) is 53.8 Å². The van der Waals surface area contributed by atoms with Gasteiger partial charge in [-0.1, -0.05) is 35.2 Å². The number of benzene rings is 2. The number of aromatic amines is 1. The molecule has 0 saturated carbocycles. The van der Waals surface area contributed by atoms with E-state index >= 15 is 0 Å². The molecular formula is C26H22F6N6O. The maximum Gasteiger partial charge on any atom is 0.416 e. The smallest absolute Gasteiger partial charge is 0.361 e. The van der Waals surface area contributed by atoms with Crippen molar-refractivity contribution in [3.8, 4) is 11.8 Å². The maximum absolute atomic E-state index is 13.5. The van der Waals surface area contributed by atoms with E-state index in [1.807, 2.05) is 29.2 Å². The quantitative estimate of drug-likeness (QED) is 0.142. The molecular weight excluding hydrogens is 526 g/mol. The van der Waals surface area contributed by atoms with Crippen molar-refractivity contribution in [1.82, 2.24) is 14.8 Å². The molecule has 0 spiro atoms. The third-order valence-corrected chi connectivity index (χ3v) is 6.43. The van der Waals surface area contributed by atoms with Gasteiger partial charge in [0.1, 0.15) is 0 Å². The van der Waals surface area contributed by atoms with Gasteiger partial charge >= 0.3 is 12.4 Å². The van der Waals surface area contributed by atoms with Crippen molar-refractivity contribution < 1.29 is 31.1 Å². The first kappa shape index (κ1) is 27.9. The third kappa shape index (κ3) is 6.66. The minimum atomic E-state index is -5.06. The molecule has 1 fully saturated rings. The summed E-state index contributed by atoms with van der Waals surface area (Å²) >= 11 is 0. The number of hydrogen-bond donors (Lipinski definition) is 1. The summed E-state index contributed by atoms with van der Waals surface area (Å²) in [5, 5.41) is 4.24. The molecule has 0 aliphatic carbocycles. The number of H-pyrrole nitrogens is 1. The largest absolute Gasteiger partial charge is 0.416 e. The predicted octanol–water partition coefficient (Wildman–Crippen LogP) is 5.89. The van der Waals surface area contributed by atoms with Gasteiger partial charge in [-0.25, -0.2) is 0 Å². The van der Waals surface area contributed by atoms with Crippen LogP contribution in [0.5, 0.6) is 0 Å². The standard InChI is InChI=1S/C26H22F6N6O/c27-25(28,29)19-11-17(12-20(14-19)26(30,31)32)24(39)38-10-9-37(8-4-3-7-35-36-33)16-21(38)13-18-15-34-23-6-2-1-5-22(18)23/h1-2,5-6,11-12,14-15,21,34H,7-10,13,16H2/t21-/m1/s1. The number of rotatable bonds is 5. The van der Waals surface area contributed by atoms with Crippen molar-refractivity contribution in [2.75, 3.05) is 32.7 Å². The van der Waals surface area contributed by atoms with E-state index in [1.54, 1.807) is 6.20 Å². The number of para-hydroxylation sites is 1. The van der Waals surface area contributed by atoms with Gasteiger partial charge in [0, 0.05) is 53.3 Å². The van der Waals surface area contributed by atoms with Crippen molar-refractivity contribution in [1.29, 1.82) is 0 Å². The van der Waals surface area contributed by atoms with E-state index < -0.39 is 41.0 Å². The van der Waals surface area contributed by atoms with Gasteiger partial charge in [-0.15, -0.1) is 0 Å². The molecule has 1 saturated heterocycles. The van der Waals surface area contributed by atoms with Crippen molar-refractivity contribution in [3.63, 3.8) is 0 Å². The highest BCUT2D eigenvalue weighted by Crippen LogP contribution is 2.37. The first-order chi connectivity index (χ1) is 18.5. The number of amides is 1. The average Bonchev–Trinajstić information content (AvgIpc) is 3.30. The second kappa shape index (κ2) is 11.3. The van der Waals surface area contributed by atoms with E-state index in [1.165, 1.54) is 4.90 Å². The molecule has 2 aromatic carbocycles. The molecule has 0 bridgehead atoms. The van der Waals surface area contributed by atoms with Crippen molar-refractivity contribution >= 4 is 16.8 Å². The van der Waals surface area contributed by atoms with Crippen LogP contribution in [0.4, 0.5) is 26.3 Å². The Morgan fingerprint density at radius 3 is 2.41 bits per heavy atom. The van der Waals surface area contributed by atoms with Crippen molar-refractivity contribution in [2.24, 2.45) is 5.11 Å². The van der Waals surface area contributed by atoms with Gasteiger partial charge in [0.05, 0.1) is 24.2 Å². The van der Waals surface area contributed by atoms with Crippen LogP contribution in [0.3, 0.4) is 0 Å². The molecule has 1 N–H and O–H groups in total. The fourth-order valence-corrected chi connectivity index (χ4v) is 4.59. The van der Waals surface area contributed by atoms with Crippen LogP contribution in [0, 0.1) is 11.8 Å². The van der Waals surface area contributed by atoms with Crippen molar-refractivity contribution in [3.05, 3.63) is 81.4 Å². The van der Waals surface area contributed by atoms with E-state index in [9.17, 15) is 31.1 Å². The molecule has 1 atom stereocenters. The Morgan fingerprint density at radius 2 is 1.74 bits per heavy atom. The number of nitrogens with zero attached hydrogens (tertiary/aromatic N) is 5. The summed E-state index contributed by atoms with van der Waals surface area (Å²) in [6, 6.07) is 7.83. The lowest BCUT2D eigenvalue weighted by molar-refractivity contribution is -0.143. The Labute approximate surface area is 219 Å². The second-order valence-electron chi connectivity index (χ2n) is 8.99. The average molecular weight is 548 g/mol. The number of azide groups is 1. The Hall–Kier alpha value is -4.14. The Kier molecular flexibility index (Phi) is 8.09. The highest BCUT2D eigenvalue weighted by Gasteiger charge is 2.39. The monoisotopic (exact) mass is 548 g/mol. The predicted molar refractivity (Wildman–Crippen MR) is 132 cm³/mol. The van der Waals surface area contributed by atoms with Crippen LogP contribution >= 0.6 is 0 Å². The lowest BCUT2D eigenvalue weighted by Gasteiger charge is -2.41. The fourth-order valence-electron chi connectivity index (χ4n) is 4.59. The minimum Gasteiger partial charge on any atom is -0.361 e. The van der Waals surface area contributed by atoms with Gasteiger partial charge in [-0.05, 0) is 41.8 Å². The van der Waals surface area contributed by atoms with Crippen molar-refractivity contribution in [2.45, 2.75) is 24.8 Å². The van der Waals surface area contributed by atoms with Crippen LogP contribution in [-0.2, 0) is 18.8 Å². The summed E-state index contributed by atoms with van der Waals surface area (Å²) in [4.78, 5) is 22.5. The van der Waals surface area contributed by atoms with Crippen LogP contribution in [0.1, 0.15) is 27.0 Å². The van der Waals surface area contributed by atoms with E-state index in [0.717, 1.165) is 16.5 Å². The molecule has 1 aliphatic rings. The summed E-state index contributed by atoms with van der Waals surface area (Å²) in [6.45, 7) is 0.936. The number of halogens is 6. The molecule has 7 nitrogen and oxygen atoms in total. The third-order valence-electron chi connectivity index (χ3n) is 6.43. The van der Waals surface area contributed by atoms with E-state index in [4.69, 9.17) is 5.53 Å². The molecule has 2 heterocycles. The number of aromatic nitrogens is 1. The molecule has 39 heavy (non-hydrogen) atoms. The first-order valence-corrected chi connectivity index (χ1v) is 11.8.